The molecular weight excluding hydrogens is 487 g/mol. The fourth-order valence-electron chi connectivity index (χ4n) is 2.51. The van der Waals surface area contributed by atoms with Crippen LogP contribution in [0.4, 0.5) is 0 Å². The van der Waals surface area contributed by atoms with Gasteiger partial charge in [0.25, 0.3) is 0 Å². The summed E-state index contributed by atoms with van der Waals surface area (Å²) in [7, 11) is 1.65. The van der Waals surface area contributed by atoms with E-state index in [1.54, 1.807) is 18.4 Å². The van der Waals surface area contributed by atoms with E-state index in [0.29, 0.717) is 13.2 Å². The van der Waals surface area contributed by atoms with Gasteiger partial charge in [-0.1, -0.05) is 13.0 Å². The van der Waals surface area contributed by atoms with E-state index in [1.165, 1.54) is 4.88 Å². The summed E-state index contributed by atoms with van der Waals surface area (Å²) in [4.78, 5) is 10.5. The minimum absolute atomic E-state index is 0. The molecule has 0 aliphatic heterocycles. The van der Waals surface area contributed by atoms with E-state index in [9.17, 15) is 0 Å². The zero-order chi connectivity index (χ0) is 19.5. The first kappa shape index (κ1) is 24.5. The van der Waals surface area contributed by atoms with E-state index < -0.39 is 0 Å². The van der Waals surface area contributed by atoms with Gasteiger partial charge in [-0.2, -0.15) is 0 Å². The average molecular weight is 518 g/mol. The van der Waals surface area contributed by atoms with Crippen molar-refractivity contribution in [3.63, 3.8) is 0 Å². The maximum absolute atomic E-state index is 5.64. The molecule has 0 saturated heterocycles. The molecule has 0 unspecified atom stereocenters. The van der Waals surface area contributed by atoms with Crippen LogP contribution in [0.2, 0.25) is 0 Å². The van der Waals surface area contributed by atoms with Crippen LogP contribution < -0.4 is 20.1 Å². The molecule has 0 aliphatic rings. The fourth-order valence-corrected chi connectivity index (χ4v) is 3.38. The number of rotatable bonds is 10. The van der Waals surface area contributed by atoms with E-state index >= 15 is 0 Å². The van der Waals surface area contributed by atoms with Crippen LogP contribution in [0.15, 0.2) is 29.4 Å². The number of hydrogen-bond donors (Lipinski definition) is 2. The predicted molar refractivity (Wildman–Crippen MR) is 128 cm³/mol. The smallest absolute Gasteiger partial charge is 0.191 e. The minimum Gasteiger partial charge on any atom is -0.493 e. The maximum Gasteiger partial charge on any atom is 0.191 e. The topological polar surface area (TPSA) is 67.8 Å². The Kier molecular flexibility index (Phi) is 11.9. The van der Waals surface area contributed by atoms with Crippen molar-refractivity contribution in [2.45, 2.75) is 40.2 Å². The van der Waals surface area contributed by atoms with Crippen LogP contribution >= 0.6 is 35.3 Å². The molecule has 2 aromatic rings. The molecule has 156 valence electrons. The van der Waals surface area contributed by atoms with Gasteiger partial charge in [0.05, 0.1) is 25.3 Å². The molecule has 0 bridgehead atoms. The van der Waals surface area contributed by atoms with E-state index in [-0.39, 0.29) is 24.0 Å². The van der Waals surface area contributed by atoms with Crippen LogP contribution in [0.25, 0.3) is 0 Å². The van der Waals surface area contributed by atoms with Gasteiger partial charge in [-0.25, -0.2) is 9.98 Å². The number of halogens is 1. The molecule has 0 amide bonds. The van der Waals surface area contributed by atoms with Crippen molar-refractivity contribution in [3.8, 4) is 11.5 Å². The second-order valence-corrected chi connectivity index (χ2v) is 7.06. The lowest BCUT2D eigenvalue weighted by Gasteiger charge is -2.12. The molecule has 0 atom stereocenters. The summed E-state index contributed by atoms with van der Waals surface area (Å²) in [5.41, 5.74) is 1.07. The van der Waals surface area contributed by atoms with E-state index in [2.05, 4.69) is 34.5 Å². The highest BCUT2D eigenvalue weighted by Gasteiger charge is 2.06. The van der Waals surface area contributed by atoms with Gasteiger partial charge in [0, 0.05) is 30.6 Å². The summed E-state index contributed by atoms with van der Waals surface area (Å²) >= 11 is 1.78. The Morgan fingerprint density at radius 2 is 2.00 bits per heavy atom. The molecule has 6 nitrogen and oxygen atoms in total. The zero-order valence-electron chi connectivity index (χ0n) is 17.1. The molecule has 0 spiro atoms. The van der Waals surface area contributed by atoms with Gasteiger partial charge in [0.15, 0.2) is 17.5 Å². The van der Waals surface area contributed by atoms with Crippen molar-refractivity contribution < 1.29 is 9.47 Å². The van der Waals surface area contributed by atoms with Crippen LogP contribution in [0.3, 0.4) is 0 Å². The Balaban J connectivity index is 0.00000392. The average Bonchev–Trinajstić information content (AvgIpc) is 3.14. The van der Waals surface area contributed by atoms with Gasteiger partial charge in [0.2, 0.25) is 0 Å². The number of aromatic nitrogens is 1. The Bertz CT molecular complexity index is 737. The number of methoxy groups -OCH3 is 1. The lowest BCUT2D eigenvalue weighted by Crippen LogP contribution is -2.38. The zero-order valence-corrected chi connectivity index (χ0v) is 20.2. The van der Waals surface area contributed by atoms with Crippen LogP contribution in [0.5, 0.6) is 11.5 Å². The number of guanidine groups is 1. The molecule has 0 saturated carbocycles. The van der Waals surface area contributed by atoms with E-state index in [0.717, 1.165) is 54.0 Å². The van der Waals surface area contributed by atoms with Crippen molar-refractivity contribution in [2.24, 2.45) is 4.99 Å². The fraction of sp³-hybridized carbons (Fsp3) is 0.500. The second kappa shape index (κ2) is 13.6. The van der Waals surface area contributed by atoms with E-state index in [1.807, 2.05) is 31.3 Å². The summed E-state index contributed by atoms with van der Waals surface area (Å²) < 4.78 is 11.0. The van der Waals surface area contributed by atoms with Crippen molar-refractivity contribution in [2.75, 3.05) is 26.8 Å². The number of benzene rings is 1. The van der Waals surface area contributed by atoms with Gasteiger partial charge in [-0.15, -0.1) is 35.3 Å². The summed E-state index contributed by atoms with van der Waals surface area (Å²) in [6, 6.07) is 5.91. The Morgan fingerprint density at radius 1 is 1.18 bits per heavy atom. The molecule has 2 rings (SSSR count). The summed E-state index contributed by atoms with van der Waals surface area (Å²) in [6.45, 7) is 8.96. The molecule has 0 radical (unpaired) electrons. The maximum atomic E-state index is 5.64. The number of nitrogens with one attached hydrogen (secondary N) is 2. The molecule has 8 heteroatoms. The number of ether oxygens (including phenoxy) is 2. The van der Waals surface area contributed by atoms with Gasteiger partial charge in [-0.05, 0) is 38.0 Å². The molecule has 2 N–H and O–H groups in total. The van der Waals surface area contributed by atoms with Gasteiger partial charge >= 0.3 is 0 Å². The van der Waals surface area contributed by atoms with E-state index in [4.69, 9.17) is 9.47 Å². The minimum atomic E-state index is 0. The molecule has 0 aliphatic carbocycles. The highest BCUT2D eigenvalue weighted by Crippen LogP contribution is 2.28. The second-order valence-electron chi connectivity index (χ2n) is 5.86. The highest BCUT2D eigenvalue weighted by atomic mass is 127. The Hall–Kier alpha value is -1.55. The lowest BCUT2D eigenvalue weighted by atomic mass is 10.2. The number of nitrogens with zero attached hydrogens (tertiary/aromatic N) is 2. The van der Waals surface area contributed by atoms with Crippen molar-refractivity contribution in [3.05, 3.63) is 39.8 Å². The number of hydrogen-bond acceptors (Lipinski definition) is 5. The summed E-state index contributed by atoms with van der Waals surface area (Å²) in [5.74, 6) is 2.30. The van der Waals surface area contributed by atoms with Gasteiger partial charge < -0.3 is 20.1 Å². The summed E-state index contributed by atoms with van der Waals surface area (Å²) in [6.07, 6.45) is 3.91. The monoisotopic (exact) mass is 518 g/mol. The van der Waals surface area contributed by atoms with Crippen molar-refractivity contribution in [1.82, 2.24) is 15.6 Å². The third kappa shape index (κ3) is 7.83. The Morgan fingerprint density at radius 3 is 2.64 bits per heavy atom. The molecule has 1 heterocycles. The normalized spacial score (nSPS) is 10.9. The molecule has 28 heavy (non-hydrogen) atoms. The number of thiazole rings is 1. The van der Waals surface area contributed by atoms with Crippen LogP contribution in [0.1, 0.15) is 36.2 Å². The number of aliphatic imine (C=N–C) groups is 1. The van der Waals surface area contributed by atoms with Crippen LogP contribution in [-0.2, 0) is 19.4 Å². The lowest BCUT2D eigenvalue weighted by molar-refractivity contribution is 0.310. The predicted octanol–water partition coefficient (Wildman–Crippen LogP) is 4.03. The van der Waals surface area contributed by atoms with Crippen LogP contribution in [0, 0.1) is 0 Å². The first-order chi connectivity index (χ1) is 13.2. The largest absolute Gasteiger partial charge is 0.493 e. The standard InChI is InChI=1S/C20H30N4O2S.HI/c1-5-16-14-23-19(27-16)10-11-22-20(21-6-2)24-13-15-8-9-17(25-4)18(12-15)26-7-3;/h8-9,12,14H,5-7,10-11,13H2,1-4H3,(H2,21,22,24);1H. The highest BCUT2D eigenvalue weighted by molar-refractivity contribution is 14.0. The van der Waals surface area contributed by atoms with Gasteiger partial charge in [0.1, 0.15) is 0 Å². The first-order valence-electron chi connectivity index (χ1n) is 9.45. The SMILES string of the molecule is CCNC(=NCc1ccc(OC)c(OCC)c1)NCCc1ncc(CC)s1.I. The third-order valence-corrected chi connectivity index (χ3v) is 5.07. The quantitative estimate of drug-likeness (QED) is 0.283. The van der Waals surface area contributed by atoms with Crippen molar-refractivity contribution in [1.29, 1.82) is 0 Å². The molecular formula is C20H31IN4O2S. The molecule has 1 aromatic carbocycles. The molecule has 1 aromatic heterocycles. The summed E-state index contributed by atoms with van der Waals surface area (Å²) in [5, 5.41) is 7.82. The van der Waals surface area contributed by atoms with Gasteiger partial charge in [-0.3, -0.25) is 0 Å². The number of aryl methyl sites for hydroxylation is 1. The van der Waals surface area contributed by atoms with Crippen LogP contribution in [-0.4, -0.2) is 37.7 Å². The first-order valence-corrected chi connectivity index (χ1v) is 10.3. The third-order valence-electron chi connectivity index (χ3n) is 3.87. The molecule has 0 fully saturated rings. The Labute approximate surface area is 189 Å². The van der Waals surface area contributed by atoms with Crippen molar-refractivity contribution >= 4 is 41.3 Å².